The van der Waals surface area contributed by atoms with Crippen LogP contribution in [0.1, 0.15) is 36.9 Å². The van der Waals surface area contributed by atoms with E-state index in [2.05, 4.69) is 200 Å². The van der Waals surface area contributed by atoms with Crippen molar-refractivity contribution in [2.75, 3.05) is 0 Å². The Kier molecular flexibility index (Phi) is 9.36. The predicted octanol–water partition coefficient (Wildman–Crippen LogP) is 14.6. The molecule has 1 heterocycles. The first-order chi connectivity index (χ1) is 26.7. The average molecular weight is 692 g/mol. The van der Waals surface area contributed by atoms with E-state index in [4.69, 9.17) is 4.98 Å². The topological polar surface area (TPSA) is 12.9 Å². The lowest BCUT2D eigenvalue weighted by Gasteiger charge is -2.15. The van der Waals surface area contributed by atoms with E-state index in [1.165, 1.54) is 72.3 Å². The summed E-state index contributed by atoms with van der Waals surface area (Å²) >= 11 is 0. The summed E-state index contributed by atoms with van der Waals surface area (Å²) in [4.78, 5) is 5.14. The van der Waals surface area contributed by atoms with Crippen LogP contribution in [-0.2, 0) is 0 Å². The molecule has 1 heteroatoms. The summed E-state index contributed by atoms with van der Waals surface area (Å²) in [6, 6.07) is 59.7. The molecule has 7 aromatic rings. The maximum absolute atomic E-state index is 5.14. The predicted molar refractivity (Wildman–Crippen MR) is 230 cm³/mol. The molecule has 0 spiro atoms. The number of benzene rings is 6. The zero-order chi connectivity index (χ0) is 36.1. The van der Waals surface area contributed by atoms with Crippen LogP contribution in [0, 0.1) is 0 Å². The van der Waals surface area contributed by atoms with Crippen molar-refractivity contribution in [3.05, 3.63) is 212 Å². The van der Waals surface area contributed by atoms with Gasteiger partial charge in [-0.3, -0.25) is 0 Å². The molecule has 2 aliphatic carbocycles. The van der Waals surface area contributed by atoms with E-state index in [1.807, 2.05) is 0 Å². The molecule has 54 heavy (non-hydrogen) atoms. The van der Waals surface area contributed by atoms with Crippen LogP contribution >= 0.6 is 0 Å². The number of nitrogens with zero attached hydrogens (tertiary/aromatic N) is 1. The standard InChI is InChI=1S/C53H41N/c1-5-15-38(16-6-1)48-33-49(39-17-7-2-8-18-39)35-50(34-48)41-29-27-40(28-30-41)44-23-13-24-45(31-44)46-25-14-26-47(32-46)51-36-52(42-19-9-3-10-20-42)54-53(37-51)43-21-11-4-12-22-43/h1-7,9-11,13-17,19-21,23-37H,8,12,18,22H2. The first-order valence-corrected chi connectivity index (χ1v) is 19.1. The molecular weight excluding hydrogens is 651 g/mol. The second-order valence-corrected chi connectivity index (χ2v) is 14.2. The first kappa shape index (κ1) is 33.3. The Morgan fingerprint density at radius 1 is 0.296 bits per heavy atom. The molecule has 258 valence electrons. The van der Waals surface area contributed by atoms with E-state index < -0.39 is 0 Å². The normalized spacial score (nSPS) is 13.7. The van der Waals surface area contributed by atoms with Crippen LogP contribution in [0.3, 0.4) is 0 Å². The molecule has 0 unspecified atom stereocenters. The van der Waals surface area contributed by atoms with Crippen molar-refractivity contribution < 1.29 is 0 Å². The molecule has 1 nitrogen and oxygen atoms in total. The van der Waals surface area contributed by atoms with Gasteiger partial charge in [-0.2, -0.15) is 0 Å². The van der Waals surface area contributed by atoms with E-state index in [0.717, 1.165) is 42.6 Å². The van der Waals surface area contributed by atoms with Gasteiger partial charge in [0.15, 0.2) is 0 Å². The molecule has 0 saturated heterocycles. The lowest BCUT2D eigenvalue weighted by molar-refractivity contribution is 1.04. The number of hydrogen-bond acceptors (Lipinski definition) is 1. The van der Waals surface area contributed by atoms with Gasteiger partial charge in [0, 0.05) is 5.56 Å². The Morgan fingerprint density at radius 3 is 1.28 bits per heavy atom. The van der Waals surface area contributed by atoms with Crippen LogP contribution in [0.5, 0.6) is 0 Å². The lowest BCUT2D eigenvalue weighted by atomic mass is 9.90. The molecule has 2 aliphatic rings. The number of aromatic nitrogens is 1. The average Bonchev–Trinajstić information content (AvgIpc) is 3.27. The summed E-state index contributed by atoms with van der Waals surface area (Å²) in [6.07, 6.45) is 17.5. The summed E-state index contributed by atoms with van der Waals surface area (Å²) in [5.74, 6) is 0. The van der Waals surface area contributed by atoms with Crippen molar-refractivity contribution in [2.24, 2.45) is 0 Å². The van der Waals surface area contributed by atoms with E-state index in [-0.39, 0.29) is 0 Å². The molecule has 0 bridgehead atoms. The Labute approximate surface area is 319 Å². The quantitative estimate of drug-likeness (QED) is 0.155. The van der Waals surface area contributed by atoms with Crippen LogP contribution in [0.2, 0.25) is 0 Å². The third-order valence-corrected chi connectivity index (χ3v) is 10.6. The maximum Gasteiger partial charge on any atom is 0.0715 e. The Balaban J connectivity index is 1.03. The van der Waals surface area contributed by atoms with Gasteiger partial charge >= 0.3 is 0 Å². The van der Waals surface area contributed by atoms with Crippen molar-refractivity contribution in [1.82, 2.24) is 4.98 Å². The van der Waals surface area contributed by atoms with Gasteiger partial charge in [-0.05, 0) is 140 Å². The van der Waals surface area contributed by atoms with Crippen LogP contribution in [0.25, 0.3) is 78.0 Å². The van der Waals surface area contributed by atoms with E-state index in [0.29, 0.717) is 0 Å². The zero-order valence-corrected chi connectivity index (χ0v) is 30.3. The fourth-order valence-corrected chi connectivity index (χ4v) is 7.67. The summed E-state index contributed by atoms with van der Waals surface area (Å²) in [5, 5.41) is 0. The van der Waals surface area contributed by atoms with Gasteiger partial charge in [0.05, 0.1) is 11.4 Å². The number of allylic oxidation sites excluding steroid dienone is 8. The minimum absolute atomic E-state index is 1.00. The van der Waals surface area contributed by atoms with Crippen molar-refractivity contribution in [3.8, 4) is 66.9 Å². The fraction of sp³-hybridized carbons (Fsp3) is 0.0755. The van der Waals surface area contributed by atoms with Gasteiger partial charge in [-0.15, -0.1) is 0 Å². The highest BCUT2D eigenvalue weighted by atomic mass is 14.7. The van der Waals surface area contributed by atoms with Gasteiger partial charge < -0.3 is 0 Å². The third-order valence-electron chi connectivity index (χ3n) is 10.6. The molecule has 0 fully saturated rings. The monoisotopic (exact) mass is 691 g/mol. The highest BCUT2D eigenvalue weighted by Crippen LogP contribution is 2.36. The second-order valence-electron chi connectivity index (χ2n) is 14.2. The second kappa shape index (κ2) is 15.2. The molecular formula is C53H41N. The highest BCUT2D eigenvalue weighted by molar-refractivity contribution is 5.83. The molecule has 0 radical (unpaired) electrons. The van der Waals surface area contributed by atoms with E-state index >= 15 is 0 Å². The lowest BCUT2D eigenvalue weighted by Crippen LogP contribution is -1.96. The minimum Gasteiger partial charge on any atom is -0.248 e. The summed E-state index contributed by atoms with van der Waals surface area (Å²) < 4.78 is 0. The van der Waals surface area contributed by atoms with E-state index in [9.17, 15) is 0 Å². The minimum atomic E-state index is 1.00. The highest BCUT2D eigenvalue weighted by Gasteiger charge is 2.14. The molecule has 0 aliphatic heterocycles. The Bertz CT molecular complexity index is 2570. The van der Waals surface area contributed by atoms with Crippen molar-refractivity contribution in [1.29, 1.82) is 0 Å². The van der Waals surface area contributed by atoms with Crippen LogP contribution in [-0.4, -0.2) is 4.98 Å². The smallest absolute Gasteiger partial charge is 0.0715 e. The Hall–Kier alpha value is -6.57. The van der Waals surface area contributed by atoms with E-state index in [1.54, 1.807) is 0 Å². The number of hydrogen-bond donors (Lipinski definition) is 0. The van der Waals surface area contributed by atoms with Crippen LogP contribution in [0.4, 0.5) is 0 Å². The third kappa shape index (κ3) is 7.22. The molecule has 0 N–H and O–H groups in total. The number of pyridine rings is 1. The molecule has 1 aromatic heterocycles. The van der Waals surface area contributed by atoms with Crippen molar-refractivity contribution in [3.63, 3.8) is 0 Å². The van der Waals surface area contributed by atoms with Crippen LogP contribution in [0.15, 0.2) is 200 Å². The molecule has 0 amide bonds. The molecule has 9 rings (SSSR count). The summed E-state index contributed by atoms with van der Waals surface area (Å²) in [6.45, 7) is 0. The molecule has 6 aromatic carbocycles. The first-order valence-electron chi connectivity index (χ1n) is 19.1. The number of rotatable bonds is 8. The molecule has 0 saturated carbocycles. The summed E-state index contributed by atoms with van der Waals surface area (Å²) in [7, 11) is 0. The fourth-order valence-electron chi connectivity index (χ4n) is 7.67. The summed E-state index contributed by atoms with van der Waals surface area (Å²) in [5.41, 5.74) is 19.3. The van der Waals surface area contributed by atoms with Crippen LogP contribution < -0.4 is 0 Å². The maximum atomic E-state index is 5.14. The van der Waals surface area contributed by atoms with Gasteiger partial charge in [0.1, 0.15) is 0 Å². The van der Waals surface area contributed by atoms with Gasteiger partial charge in [-0.1, -0.05) is 158 Å². The SMILES string of the molecule is C1=CCCC(c2cc(-c3ccccc3)cc(-c3ccc(-c4cccc(-c5cccc(-c6cc(C7=CC=CCC7)nc(-c7ccccc7)c6)c5)c4)cc3)c2)=C1. The largest absolute Gasteiger partial charge is 0.248 e. The van der Waals surface area contributed by atoms with Gasteiger partial charge in [0.25, 0.3) is 0 Å². The molecule has 0 atom stereocenters. The van der Waals surface area contributed by atoms with Gasteiger partial charge in [0.2, 0.25) is 0 Å². The van der Waals surface area contributed by atoms with Crippen molar-refractivity contribution >= 4 is 11.1 Å². The van der Waals surface area contributed by atoms with Gasteiger partial charge in [-0.25, -0.2) is 4.98 Å². The zero-order valence-electron chi connectivity index (χ0n) is 30.3. The Morgan fingerprint density at radius 2 is 0.704 bits per heavy atom. The van der Waals surface area contributed by atoms with Crippen molar-refractivity contribution in [2.45, 2.75) is 25.7 Å².